The van der Waals surface area contributed by atoms with Crippen molar-refractivity contribution in [1.29, 1.82) is 0 Å². The molecule has 0 radical (unpaired) electrons. The second kappa shape index (κ2) is 5.29. The third kappa shape index (κ3) is 2.84. The van der Waals surface area contributed by atoms with Crippen molar-refractivity contribution in [3.63, 3.8) is 0 Å². The van der Waals surface area contributed by atoms with Gasteiger partial charge >= 0.3 is 0 Å². The average molecular weight is 303 g/mol. The van der Waals surface area contributed by atoms with E-state index in [9.17, 15) is 4.79 Å². The third-order valence-electron chi connectivity index (χ3n) is 2.91. The molecule has 0 saturated heterocycles. The number of primary amides is 1. The Labute approximate surface area is 108 Å². The van der Waals surface area contributed by atoms with Gasteiger partial charge in [-0.25, -0.2) is 0 Å². The number of thiophene rings is 1. The lowest BCUT2D eigenvalue weighted by Gasteiger charge is -2.19. The van der Waals surface area contributed by atoms with E-state index in [1.807, 2.05) is 11.4 Å². The molecule has 1 aliphatic carbocycles. The van der Waals surface area contributed by atoms with E-state index in [1.54, 1.807) is 11.3 Å². The second-order valence-electron chi connectivity index (χ2n) is 4.15. The van der Waals surface area contributed by atoms with Gasteiger partial charge in [-0.05, 0) is 34.8 Å². The molecule has 1 fully saturated rings. The first-order chi connectivity index (χ1) is 7.66. The number of nitrogens with two attached hydrogens (primary N) is 1. The van der Waals surface area contributed by atoms with Crippen LogP contribution in [0.25, 0.3) is 0 Å². The molecular weight excluding hydrogens is 288 g/mol. The van der Waals surface area contributed by atoms with Gasteiger partial charge in [0.05, 0.1) is 0 Å². The Balaban J connectivity index is 2.07. The van der Waals surface area contributed by atoms with Gasteiger partial charge in [-0.2, -0.15) is 0 Å². The minimum Gasteiger partial charge on any atom is -0.368 e. The Bertz CT molecular complexity index is 374. The molecule has 1 atom stereocenters. The van der Waals surface area contributed by atoms with Crippen LogP contribution in [0.3, 0.4) is 0 Å². The van der Waals surface area contributed by atoms with Gasteiger partial charge in [-0.3, -0.25) is 10.1 Å². The summed E-state index contributed by atoms with van der Waals surface area (Å²) in [4.78, 5) is 12.4. The Morgan fingerprint density at radius 2 is 2.25 bits per heavy atom. The molecule has 3 nitrogen and oxygen atoms in total. The third-order valence-corrected chi connectivity index (χ3v) is 4.67. The molecule has 1 unspecified atom stereocenters. The zero-order valence-corrected chi connectivity index (χ0v) is 11.3. The summed E-state index contributed by atoms with van der Waals surface area (Å²) in [6.45, 7) is 0. The quantitative estimate of drug-likeness (QED) is 0.898. The maximum atomic E-state index is 11.4. The molecule has 1 amide bonds. The number of hydrogen-bond donors (Lipinski definition) is 2. The maximum Gasteiger partial charge on any atom is 0.240 e. The summed E-state index contributed by atoms with van der Waals surface area (Å²) in [6.07, 6.45) is 4.79. The van der Waals surface area contributed by atoms with Crippen molar-refractivity contribution in [2.75, 3.05) is 0 Å². The highest BCUT2D eigenvalue weighted by Crippen LogP contribution is 2.28. The van der Waals surface area contributed by atoms with Crippen LogP contribution in [0.1, 0.15) is 36.6 Å². The molecule has 1 aromatic heterocycles. The zero-order chi connectivity index (χ0) is 11.5. The van der Waals surface area contributed by atoms with Gasteiger partial charge in [0, 0.05) is 20.8 Å². The van der Waals surface area contributed by atoms with E-state index >= 15 is 0 Å². The van der Waals surface area contributed by atoms with Crippen LogP contribution in [0.5, 0.6) is 0 Å². The molecule has 1 aromatic rings. The van der Waals surface area contributed by atoms with E-state index in [4.69, 9.17) is 5.73 Å². The van der Waals surface area contributed by atoms with Crippen molar-refractivity contribution in [1.82, 2.24) is 5.32 Å². The molecule has 0 aromatic carbocycles. The summed E-state index contributed by atoms with van der Waals surface area (Å²) >= 11 is 4.95. The van der Waals surface area contributed by atoms with E-state index < -0.39 is 0 Å². The molecule has 1 heterocycles. The monoisotopic (exact) mass is 302 g/mol. The minimum absolute atomic E-state index is 0.291. The lowest BCUT2D eigenvalue weighted by atomic mass is 10.1. The highest BCUT2D eigenvalue weighted by Gasteiger charge is 2.24. The van der Waals surface area contributed by atoms with Crippen molar-refractivity contribution < 1.29 is 4.79 Å². The van der Waals surface area contributed by atoms with Crippen molar-refractivity contribution >= 4 is 33.2 Å². The topological polar surface area (TPSA) is 55.1 Å². The second-order valence-corrected chi connectivity index (χ2v) is 6.01. The lowest BCUT2D eigenvalue weighted by Crippen LogP contribution is -2.38. The van der Waals surface area contributed by atoms with Gasteiger partial charge in [0.15, 0.2) is 0 Å². The smallest absolute Gasteiger partial charge is 0.240 e. The predicted molar refractivity (Wildman–Crippen MR) is 69.3 cm³/mol. The van der Waals surface area contributed by atoms with Crippen molar-refractivity contribution in [2.24, 2.45) is 5.73 Å². The summed E-state index contributed by atoms with van der Waals surface area (Å²) in [7, 11) is 0. The van der Waals surface area contributed by atoms with Gasteiger partial charge < -0.3 is 5.73 Å². The Hall–Kier alpha value is -0.390. The molecule has 16 heavy (non-hydrogen) atoms. The van der Waals surface area contributed by atoms with Crippen LogP contribution in [-0.4, -0.2) is 11.9 Å². The SMILES string of the molecule is NC(=O)C(NC1CCCC1)c1cc(Br)cs1. The van der Waals surface area contributed by atoms with Crippen LogP contribution >= 0.6 is 27.3 Å². The van der Waals surface area contributed by atoms with Crippen LogP contribution in [0, 0.1) is 0 Å². The summed E-state index contributed by atoms with van der Waals surface area (Å²) in [5, 5.41) is 5.33. The van der Waals surface area contributed by atoms with Crippen molar-refractivity contribution in [3.05, 3.63) is 20.8 Å². The van der Waals surface area contributed by atoms with E-state index in [0.717, 1.165) is 22.2 Å². The largest absolute Gasteiger partial charge is 0.368 e. The van der Waals surface area contributed by atoms with Crippen molar-refractivity contribution in [3.8, 4) is 0 Å². The number of carbonyl (C=O) groups excluding carboxylic acids is 1. The normalized spacial score (nSPS) is 18.8. The Morgan fingerprint density at radius 3 is 2.75 bits per heavy atom. The highest BCUT2D eigenvalue weighted by molar-refractivity contribution is 9.10. The van der Waals surface area contributed by atoms with Crippen LogP contribution < -0.4 is 11.1 Å². The van der Waals surface area contributed by atoms with Crippen LogP contribution in [0.2, 0.25) is 0 Å². The van der Waals surface area contributed by atoms with E-state index in [2.05, 4.69) is 21.2 Å². The van der Waals surface area contributed by atoms with Gasteiger partial charge in [0.25, 0.3) is 0 Å². The van der Waals surface area contributed by atoms with Crippen molar-refractivity contribution in [2.45, 2.75) is 37.8 Å². The van der Waals surface area contributed by atoms with Gasteiger partial charge in [-0.1, -0.05) is 12.8 Å². The van der Waals surface area contributed by atoms with Crippen LogP contribution in [-0.2, 0) is 4.79 Å². The summed E-state index contributed by atoms with van der Waals surface area (Å²) < 4.78 is 1.01. The summed E-state index contributed by atoms with van der Waals surface area (Å²) in [5.74, 6) is -0.291. The minimum atomic E-state index is -0.334. The number of halogens is 1. The fraction of sp³-hybridized carbons (Fsp3) is 0.545. The molecule has 0 spiro atoms. The zero-order valence-electron chi connectivity index (χ0n) is 8.91. The molecular formula is C11H15BrN2OS. The number of amides is 1. The van der Waals surface area contributed by atoms with Gasteiger partial charge in [-0.15, -0.1) is 11.3 Å². The molecule has 1 aliphatic rings. The molecule has 0 aliphatic heterocycles. The molecule has 3 N–H and O–H groups in total. The fourth-order valence-corrected chi connectivity index (χ4v) is 3.62. The van der Waals surface area contributed by atoms with E-state index in [-0.39, 0.29) is 11.9 Å². The molecule has 5 heteroatoms. The average Bonchev–Trinajstić information content (AvgIpc) is 2.84. The number of rotatable bonds is 4. The molecule has 1 saturated carbocycles. The van der Waals surface area contributed by atoms with E-state index in [0.29, 0.717) is 6.04 Å². The highest BCUT2D eigenvalue weighted by atomic mass is 79.9. The fourth-order valence-electron chi connectivity index (χ4n) is 2.11. The first kappa shape index (κ1) is 12.1. The molecule has 2 rings (SSSR count). The summed E-state index contributed by atoms with van der Waals surface area (Å²) in [5.41, 5.74) is 5.45. The predicted octanol–water partition coefficient (Wildman–Crippen LogP) is 2.57. The Morgan fingerprint density at radius 1 is 1.56 bits per heavy atom. The number of nitrogens with one attached hydrogen (secondary N) is 1. The first-order valence-electron chi connectivity index (χ1n) is 5.46. The lowest BCUT2D eigenvalue weighted by molar-refractivity contribution is -0.120. The van der Waals surface area contributed by atoms with Crippen LogP contribution in [0.4, 0.5) is 0 Å². The maximum absolute atomic E-state index is 11.4. The molecule has 88 valence electrons. The Kier molecular flexibility index (Phi) is 4.00. The molecule has 0 bridgehead atoms. The van der Waals surface area contributed by atoms with Crippen LogP contribution in [0.15, 0.2) is 15.9 Å². The first-order valence-corrected chi connectivity index (χ1v) is 7.13. The van der Waals surface area contributed by atoms with Gasteiger partial charge in [0.2, 0.25) is 5.91 Å². The standard InChI is InChI=1S/C11H15BrN2OS/c12-7-5-9(16-6-7)10(11(13)15)14-8-3-1-2-4-8/h5-6,8,10,14H,1-4H2,(H2,13,15). The summed E-state index contributed by atoms with van der Waals surface area (Å²) in [6, 6.07) is 2.07. The van der Waals surface area contributed by atoms with Gasteiger partial charge in [0.1, 0.15) is 6.04 Å². The van der Waals surface area contributed by atoms with E-state index in [1.165, 1.54) is 12.8 Å². The number of carbonyl (C=O) groups is 1. The number of hydrogen-bond acceptors (Lipinski definition) is 3.